The summed E-state index contributed by atoms with van der Waals surface area (Å²) in [5.74, 6) is 3.94. The number of aromatic carboxylic acids is 1. The number of nitrogens with two attached hydrogens (primary N) is 1. The van der Waals surface area contributed by atoms with E-state index >= 15 is 0 Å². The predicted octanol–water partition coefficient (Wildman–Crippen LogP) is 0.909. The number of halogens is 2. The molecule has 0 atom stereocenters. The Balaban J connectivity index is 0. The van der Waals surface area contributed by atoms with Gasteiger partial charge in [0.15, 0.2) is 5.69 Å². The molecular weight excluding hydrogens is 217 g/mol. The number of nitrogens with one attached hydrogen (secondary N) is 1. The molecule has 0 spiro atoms. The number of carboxylic acid groups (broad SMARTS) is 1. The standard InChI is InChI=1S/C6H7N3O2.2ClH/c7-9-4-2-1-3-8-5(4)6(10)11;;/h1-3,9H,7H2,(H,10,11);2*1H. The van der Waals surface area contributed by atoms with Crippen LogP contribution in [0.3, 0.4) is 0 Å². The Morgan fingerprint density at radius 3 is 2.54 bits per heavy atom. The van der Waals surface area contributed by atoms with E-state index in [-0.39, 0.29) is 30.5 Å². The quantitative estimate of drug-likeness (QED) is 0.515. The van der Waals surface area contributed by atoms with Gasteiger partial charge in [-0.05, 0) is 12.1 Å². The summed E-state index contributed by atoms with van der Waals surface area (Å²) in [6, 6.07) is 3.14. The van der Waals surface area contributed by atoms with Crippen LogP contribution in [0.15, 0.2) is 18.3 Å². The average molecular weight is 226 g/mol. The van der Waals surface area contributed by atoms with Crippen molar-refractivity contribution in [1.82, 2.24) is 4.98 Å². The van der Waals surface area contributed by atoms with Crippen molar-refractivity contribution >= 4 is 36.5 Å². The van der Waals surface area contributed by atoms with E-state index in [2.05, 4.69) is 10.4 Å². The lowest BCUT2D eigenvalue weighted by atomic mass is 10.3. The Labute approximate surface area is 87.1 Å². The van der Waals surface area contributed by atoms with E-state index in [4.69, 9.17) is 10.9 Å². The molecule has 0 radical (unpaired) electrons. The van der Waals surface area contributed by atoms with Gasteiger partial charge in [0, 0.05) is 6.20 Å². The zero-order chi connectivity index (χ0) is 8.27. The molecule has 4 N–H and O–H groups in total. The molecule has 0 unspecified atom stereocenters. The number of hydrogen-bond donors (Lipinski definition) is 3. The molecule has 13 heavy (non-hydrogen) atoms. The van der Waals surface area contributed by atoms with Gasteiger partial charge in [-0.25, -0.2) is 9.78 Å². The Morgan fingerprint density at radius 2 is 2.15 bits per heavy atom. The van der Waals surface area contributed by atoms with Crippen LogP contribution >= 0.6 is 24.8 Å². The number of aromatic nitrogens is 1. The predicted molar refractivity (Wildman–Crippen MR) is 53.5 cm³/mol. The molecule has 0 bridgehead atoms. The van der Waals surface area contributed by atoms with E-state index in [0.29, 0.717) is 5.69 Å². The minimum atomic E-state index is -1.10. The first-order valence-electron chi connectivity index (χ1n) is 2.90. The summed E-state index contributed by atoms with van der Waals surface area (Å²) in [5.41, 5.74) is 2.47. The number of anilines is 1. The van der Waals surface area contributed by atoms with Gasteiger partial charge in [-0.1, -0.05) is 0 Å². The van der Waals surface area contributed by atoms with Gasteiger partial charge in [0.25, 0.3) is 0 Å². The van der Waals surface area contributed by atoms with Crippen LogP contribution in [-0.2, 0) is 0 Å². The van der Waals surface area contributed by atoms with Crippen LogP contribution in [0.2, 0.25) is 0 Å². The molecular formula is C6H9Cl2N3O2. The molecule has 1 aromatic heterocycles. The number of pyridine rings is 1. The van der Waals surface area contributed by atoms with Crippen molar-refractivity contribution in [3.8, 4) is 0 Å². The van der Waals surface area contributed by atoms with Gasteiger partial charge in [-0.15, -0.1) is 24.8 Å². The fourth-order valence-electron chi connectivity index (χ4n) is 0.692. The number of nitrogens with zero attached hydrogens (tertiary/aromatic N) is 1. The van der Waals surface area contributed by atoms with Crippen LogP contribution in [-0.4, -0.2) is 16.1 Å². The van der Waals surface area contributed by atoms with Crippen LogP contribution in [0.1, 0.15) is 10.5 Å². The minimum Gasteiger partial charge on any atom is -0.476 e. The third-order valence-electron chi connectivity index (χ3n) is 1.17. The van der Waals surface area contributed by atoms with Crippen LogP contribution in [0, 0.1) is 0 Å². The van der Waals surface area contributed by atoms with Gasteiger partial charge < -0.3 is 10.5 Å². The zero-order valence-electron chi connectivity index (χ0n) is 6.43. The Kier molecular flexibility index (Phi) is 7.21. The third-order valence-corrected chi connectivity index (χ3v) is 1.17. The summed E-state index contributed by atoms with van der Waals surface area (Å²) in [5, 5.41) is 8.54. The Bertz CT molecular complexity index is 282. The summed E-state index contributed by atoms with van der Waals surface area (Å²) in [7, 11) is 0. The monoisotopic (exact) mass is 225 g/mol. The van der Waals surface area contributed by atoms with E-state index in [1.165, 1.54) is 12.3 Å². The summed E-state index contributed by atoms with van der Waals surface area (Å²) in [4.78, 5) is 14.0. The van der Waals surface area contributed by atoms with E-state index in [1.807, 2.05) is 0 Å². The highest BCUT2D eigenvalue weighted by Crippen LogP contribution is 2.08. The second kappa shape index (κ2) is 6.47. The van der Waals surface area contributed by atoms with E-state index in [9.17, 15) is 4.79 Å². The molecule has 7 heteroatoms. The van der Waals surface area contributed by atoms with Gasteiger partial charge in [-0.2, -0.15) is 0 Å². The van der Waals surface area contributed by atoms with Crippen molar-refractivity contribution in [2.75, 3.05) is 5.43 Å². The highest BCUT2D eigenvalue weighted by Gasteiger charge is 2.08. The van der Waals surface area contributed by atoms with Crippen LogP contribution in [0.25, 0.3) is 0 Å². The highest BCUT2D eigenvalue weighted by atomic mass is 35.5. The van der Waals surface area contributed by atoms with Gasteiger partial charge in [0.05, 0.1) is 5.69 Å². The first-order chi connectivity index (χ1) is 5.25. The Hall–Kier alpha value is -1.04. The minimum absolute atomic E-state index is 0. The van der Waals surface area contributed by atoms with Crippen molar-refractivity contribution in [3.63, 3.8) is 0 Å². The first kappa shape index (κ1) is 14.5. The number of carboxylic acids is 1. The van der Waals surface area contributed by atoms with E-state index in [1.54, 1.807) is 6.07 Å². The lowest BCUT2D eigenvalue weighted by Crippen LogP contribution is -2.12. The lowest BCUT2D eigenvalue weighted by molar-refractivity contribution is 0.0691. The fraction of sp³-hybridized carbons (Fsp3) is 0. The van der Waals surface area contributed by atoms with Gasteiger partial charge in [0.2, 0.25) is 0 Å². The van der Waals surface area contributed by atoms with E-state index < -0.39 is 5.97 Å². The summed E-state index contributed by atoms with van der Waals surface area (Å²) in [6.45, 7) is 0. The molecule has 0 amide bonds. The van der Waals surface area contributed by atoms with Gasteiger partial charge in [0.1, 0.15) is 0 Å². The normalized spacial score (nSPS) is 7.77. The van der Waals surface area contributed by atoms with Crippen LogP contribution < -0.4 is 11.3 Å². The average Bonchev–Trinajstić information content (AvgIpc) is 2.04. The topological polar surface area (TPSA) is 88.2 Å². The number of hydrogen-bond acceptors (Lipinski definition) is 4. The molecule has 0 fully saturated rings. The maximum absolute atomic E-state index is 10.4. The van der Waals surface area contributed by atoms with Crippen molar-refractivity contribution < 1.29 is 9.90 Å². The molecule has 0 aromatic carbocycles. The SMILES string of the molecule is Cl.Cl.NNc1cccnc1C(=O)O. The largest absolute Gasteiger partial charge is 0.476 e. The van der Waals surface area contributed by atoms with Crippen LogP contribution in [0.4, 0.5) is 5.69 Å². The molecule has 74 valence electrons. The molecule has 0 aliphatic heterocycles. The van der Waals surface area contributed by atoms with Crippen LogP contribution in [0.5, 0.6) is 0 Å². The third kappa shape index (κ3) is 3.45. The molecule has 5 nitrogen and oxygen atoms in total. The molecule has 1 aromatic rings. The summed E-state index contributed by atoms with van der Waals surface area (Å²) < 4.78 is 0. The maximum atomic E-state index is 10.4. The van der Waals surface area contributed by atoms with Crippen molar-refractivity contribution in [2.24, 2.45) is 5.84 Å². The number of rotatable bonds is 2. The number of carbonyl (C=O) groups is 1. The molecule has 0 saturated heterocycles. The fourth-order valence-corrected chi connectivity index (χ4v) is 0.692. The summed E-state index contributed by atoms with van der Waals surface area (Å²) in [6.07, 6.45) is 1.39. The first-order valence-corrected chi connectivity index (χ1v) is 2.90. The smallest absolute Gasteiger partial charge is 0.356 e. The molecule has 1 heterocycles. The molecule has 1 rings (SSSR count). The van der Waals surface area contributed by atoms with Gasteiger partial charge in [-0.3, -0.25) is 5.84 Å². The zero-order valence-corrected chi connectivity index (χ0v) is 8.06. The molecule has 0 aliphatic carbocycles. The molecule has 0 aliphatic rings. The lowest BCUT2D eigenvalue weighted by Gasteiger charge is -2.01. The van der Waals surface area contributed by atoms with Gasteiger partial charge >= 0.3 is 5.97 Å². The van der Waals surface area contributed by atoms with Crippen molar-refractivity contribution in [1.29, 1.82) is 0 Å². The second-order valence-electron chi connectivity index (χ2n) is 1.85. The molecule has 0 saturated carbocycles. The highest BCUT2D eigenvalue weighted by molar-refractivity contribution is 5.91. The van der Waals surface area contributed by atoms with E-state index in [0.717, 1.165) is 0 Å². The number of nitrogen functional groups attached to an aromatic ring is 1. The van der Waals surface area contributed by atoms with Crippen molar-refractivity contribution in [2.45, 2.75) is 0 Å². The Morgan fingerprint density at radius 1 is 1.54 bits per heavy atom. The number of hydrazine groups is 1. The second-order valence-corrected chi connectivity index (χ2v) is 1.85. The van der Waals surface area contributed by atoms with Crippen molar-refractivity contribution in [3.05, 3.63) is 24.0 Å². The summed E-state index contributed by atoms with van der Waals surface area (Å²) >= 11 is 0. The maximum Gasteiger partial charge on any atom is 0.356 e.